The first kappa shape index (κ1) is 36.9. The fourth-order valence-electron chi connectivity index (χ4n) is 3.35. The molecule has 4 rings (SSSR count). The first-order valence-corrected chi connectivity index (χ1v) is 19.5. The van der Waals surface area contributed by atoms with E-state index in [4.69, 9.17) is 0 Å². The highest BCUT2D eigenvalue weighted by atomic mass is 79.9. The minimum absolute atomic E-state index is 0.978. The summed E-state index contributed by atoms with van der Waals surface area (Å²) in [5.74, 6) is 0. The van der Waals surface area contributed by atoms with Crippen LogP contribution in [0.25, 0.3) is 0 Å². The Morgan fingerprint density at radius 3 is 0.821 bits per heavy atom. The Bertz CT molecular complexity index is 1220. The van der Waals surface area contributed by atoms with Crippen molar-refractivity contribution in [3.8, 4) is 0 Å². The van der Waals surface area contributed by atoms with Gasteiger partial charge in [0.25, 0.3) is 0 Å². The van der Waals surface area contributed by atoms with Crippen LogP contribution in [0.4, 0.5) is 0 Å². The molecule has 0 fully saturated rings. The van der Waals surface area contributed by atoms with Crippen molar-refractivity contribution in [2.75, 3.05) is 0 Å². The van der Waals surface area contributed by atoms with E-state index in [2.05, 4.69) is 234 Å². The summed E-state index contributed by atoms with van der Waals surface area (Å²) >= 11 is 35.2. The molecule has 0 N–H and O–H groups in total. The summed E-state index contributed by atoms with van der Waals surface area (Å²) in [6.07, 6.45) is 2.99. The smallest absolute Gasteiger partial charge is 0.0482 e. The number of hydrogen-bond donors (Lipinski definition) is 0. The SMILES string of the molecule is CCc1c(Br)c(Br)c(Br)c(Br)c1Br.CCc1c(Br)c(Br)c(Br)c(Br)c1Br.c1ccc(Cc2ccccc2)cc1. The second kappa shape index (κ2) is 18.5. The van der Waals surface area contributed by atoms with Gasteiger partial charge in [-0.05, 0) is 201 Å². The van der Waals surface area contributed by atoms with Crippen LogP contribution in [0, 0.1) is 0 Å². The number of hydrogen-bond acceptors (Lipinski definition) is 0. The molecule has 0 aliphatic rings. The van der Waals surface area contributed by atoms with Crippen molar-refractivity contribution in [3.05, 3.63) is 128 Å². The molecule has 0 nitrogen and oxygen atoms in total. The van der Waals surface area contributed by atoms with Gasteiger partial charge in [-0.1, -0.05) is 74.5 Å². The van der Waals surface area contributed by atoms with E-state index in [0.717, 1.165) is 64.0 Å². The van der Waals surface area contributed by atoms with Crippen molar-refractivity contribution < 1.29 is 0 Å². The molecule has 0 aromatic heterocycles. The third-order valence-corrected chi connectivity index (χ3v) is 17.9. The third-order valence-electron chi connectivity index (χ3n) is 5.40. The van der Waals surface area contributed by atoms with Crippen molar-refractivity contribution in [1.82, 2.24) is 0 Å². The Kier molecular flexibility index (Phi) is 17.5. The fraction of sp³-hybridized carbons (Fsp3) is 0.172. The van der Waals surface area contributed by atoms with Crippen molar-refractivity contribution in [2.24, 2.45) is 0 Å². The maximum Gasteiger partial charge on any atom is 0.0482 e. The van der Waals surface area contributed by atoms with Gasteiger partial charge in [-0.3, -0.25) is 0 Å². The van der Waals surface area contributed by atoms with Crippen LogP contribution in [-0.2, 0) is 19.3 Å². The zero-order chi connectivity index (χ0) is 29.3. The monoisotopic (exact) mass is 1160 g/mol. The molecule has 208 valence electrons. The number of halogens is 10. The lowest BCUT2D eigenvalue weighted by Crippen LogP contribution is -1.89. The lowest BCUT2D eigenvalue weighted by Gasteiger charge is -2.11. The average molecular weight is 1170 g/mol. The van der Waals surface area contributed by atoms with Crippen molar-refractivity contribution in [3.63, 3.8) is 0 Å². The summed E-state index contributed by atoms with van der Waals surface area (Å²) in [7, 11) is 0. The van der Waals surface area contributed by atoms with Crippen LogP contribution in [-0.4, -0.2) is 0 Å². The maximum absolute atomic E-state index is 3.55. The molecule has 0 amide bonds. The predicted octanol–water partition coefficient (Wildman–Crippen LogP) is 15.4. The molecule has 0 saturated carbocycles. The summed E-state index contributed by atoms with van der Waals surface area (Å²) in [4.78, 5) is 0. The summed E-state index contributed by atoms with van der Waals surface area (Å²) in [5, 5.41) is 0. The molecule has 4 aromatic carbocycles. The Balaban J connectivity index is 0.000000205. The standard InChI is InChI=1S/C13H12.2C8H5Br5/c1-3-7-12(8-4-1)11-13-9-5-2-6-10-13;2*1-2-3-4(9)6(11)8(13)7(12)5(3)10/h1-10H,11H2;2*2H2,1H3. The first-order valence-electron chi connectivity index (χ1n) is 11.5. The van der Waals surface area contributed by atoms with Gasteiger partial charge in [0.05, 0.1) is 0 Å². The van der Waals surface area contributed by atoms with Gasteiger partial charge in [0, 0.05) is 44.7 Å². The van der Waals surface area contributed by atoms with Crippen molar-refractivity contribution in [1.29, 1.82) is 0 Å². The van der Waals surface area contributed by atoms with Crippen molar-refractivity contribution in [2.45, 2.75) is 33.1 Å². The van der Waals surface area contributed by atoms with Gasteiger partial charge < -0.3 is 0 Å². The van der Waals surface area contributed by atoms with Gasteiger partial charge in [0.1, 0.15) is 0 Å². The number of rotatable bonds is 4. The fourth-order valence-corrected chi connectivity index (χ4v) is 10.7. The van der Waals surface area contributed by atoms with Crippen LogP contribution in [0.3, 0.4) is 0 Å². The first-order chi connectivity index (χ1) is 18.5. The minimum Gasteiger partial charge on any atom is -0.0622 e. The van der Waals surface area contributed by atoms with Gasteiger partial charge in [-0.25, -0.2) is 0 Å². The normalized spacial score (nSPS) is 10.4. The van der Waals surface area contributed by atoms with Crippen molar-refractivity contribution >= 4 is 159 Å². The molecular weight excluding hydrogens is 1150 g/mol. The highest BCUT2D eigenvalue weighted by molar-refractivity contribution is 9.16. The molecule has 4 aromatic rings. The van der Waals surface area contributed by atoms with Gasteiger partial charge in [0.15, 0.2) is 0 Å². The van der Waals surface area contributed by atoms with Crippen LogP contribution < -0.4 is 0 Å². The molecule has 0 radical (unpaired) electrons. The van der Waals surface area contributed by atoms with E-state index < -0.39 is 0 Å². The molecule has 0 unspecified atom stereocenters. The molecule has 0 saturated heterocycles. The van der Waals surface area contributed by atoms with Gasteiger partial charge in [-0.2, -0.15) is 0 Å². The van der Waals surface area contributed by atoms with E-state index in [1.165, 1.54) is 22.3 Å². The number of benzene rings is 4. The lowest BCUT2D eigenvalue weighted by atomic mass is 10.1. The van der Waals surface area contributed by atoms with Gasteiger partial charge in [-0.15, -0.1) is 0 Å². The van der Waals surface area contributed by atoms with E-state index in [1.807, 2.05) is 0 Å². The maximum atomic E-state index is 3.55. The summed E-state index contributed by atoms with van der Waals surface area (Å²) in [5.41, 5.74) is 5.24. The molecule has 10 heteroatoms. The summed E-state index contributed by atoms with van der Waals surface area (Å²) in [6, 6.07) is 21.1. The van der Waals surface area contributed by atoms with Crippen LogP contribution in [0.5, 0.6) is 0 Å². The molecule has 0 aliphatic heterocycles. The Morgan fingerprint density at radius 2 is 0.590 bits per heavy atom. The van der Waals surface area contributed by atoms with E-state index in [-0.39, 0.29) is 0 Å². The lowest BCUT2D eigenvalue weighted by molar-refractivity contribution is 1.10. The van der Waals surface area contributed by atoms with Crippen LogP contribution >= 0.6 is 159 Å². The quantitative estimate of drug-likeness (QED) is 0.141. The van der Waals surface area contributed by atoms with Gasteiger partial charge >= 0.3 is 0 Å². The predicted molar refractivity (Wildman–Crippen MR) is 204 cm³/mol. The van der Waals surface area contributed by atoms with Gasteiger partial charge in [0.2, 0.25) is 0 Å². The van der Waals surface area contributed by atoms with Crippen LogP contribution in [0.15, 0.2) is 105 Å². The minimum atomic E-state index is 0.978. The molecule has 39 heavy (non-hydrogen) atoms. The molecule has 0 aliphatic carbocycles. The summed E-state index contributed by atoms with van der Waals surface area (Å²) < 4.78 is 10.6. The summed E-state index contributed by atoms with van der Waals surface area (Å²) in [6.45, 7) is 4.25. The van der Waals surface area contributed by atoms with E-state index in [0.29, 0.717) is 0 Å². The largest absolute Gasteiger partial charge is 0.0622 e. The molecular formula is C29H22Br10. The third kappa shape index (κ3) is 10.4. The van der Waals surface area contributed by atoms with E-state index in [9.17, 15) is 0 Å². The van der Waals surface area contributed by atoms with E-state index >= 15 is 0 Å². The molecule has 0 bridgehead atoms. The zero-order valence-electron chi connectivity index (χ0n) is 20.7. The molecule has 0 heterocycles. The molecule has 0 spiro atoms. The second-order valence-corrected chi connectivity index (χ2v) is 15.9. The Hall–Kier alpha value is 1.68. The van der Waals surface area contributed by atoms with Crippen LogP contribution in [0.1, 0.15) is 36.1 Å². The average Bonchev–Trinajstić information content (AvgIpc) is 2.95. The second-order valence-electron chi connectivity index (χ2n) is 7.95. The molecule has 0 atom stereocenters. The van der Waals surface area contributed by atoms with E-state index in [1.54, 1.807) is 0 Å². The topological polar surface area (TPSA) is 0 Å². The Morgan fingerprint density at radius 1 is 0.359 bits per heavy atom. The highest BCUT2D eigenvalue weighted by Crippen LogP contribution is 2.45. The zero-order valence-corrected chi connectivity index (χ0v) is 36.5. The Labute approximate surface area is 315 Å². The van der Waals surface area contributed by atoms with Crippen LogP contribution in [0.2, 0.25) is 0 Å². The highest BCUT2D eigenvalue weighted by Gasteiger charge is 2.16.